The summed E-state index contributed by atoms with van der Waals surface area (Å²) in [5, 5.41) is 3.55. The van der Waals surface area contributed by atoms with E-state index < -0.39 is 5.60 Å². The molecule has 1 aromatic rings. The number of benzene rings is 1. The summed E-state index contributed by atoms with van der Waals surface area (Å²) in [5.41, 5.74) is 1.79. The van der Waals surface area contributed by atoms with E-state index in [-0.39, 0.29) is 18.4 Å². The first-order valence-electron chi connectivity index (χ1n) is 8.95. The second-order valence-electron chi connectivity index (χ2n) is 7.57. The van der Waals surface area contributed by atoms with Gasteiger partial charge in [-0.15, -0.1) is 0 Å². The predicted octanol–water partition coefficient (Wildman–Crippen LogP) is 2.83. The van der Waals surface area contributed by atoms with Crippen LogP contribution in [0.5, 0.6) is 0 Å². The summed E-state index contributed by atoms with van der Waals surface area (Å²) in [6.45, 7) is 9.07. The Morgan fingerprint density at radius 3 is 2.72 bits per heavy atom. The molecule has 0 saturated carbocycles. The summed E-state index contributed by atoms with van der Waals surface area (Å²) in [5.74, 6) is 0. The number of amides is 1. The van der Waals surface area contributed by atoms with Crippen molar-refractivity contribution >= 4 is 6.09 Å². The van der Waals surface area contributed by atoms with Gasteiger partial charge in [-0.1, -0.05) is 24.3 Å². The highest BCUT2D eigenvalue weighted by molar-refractivity contribution is 5.68. The van der Waals surface area contributed by atoms with Crippen LogP contribution in [0.1, 0.15) is 44.6 Å². The van der Waals surface area contributed by atoms with Crippen LogP contribution in [0.4, 0.5) is 4.79 Å². The molecule has 0 aliphatic carbocycles. The van der Waals surface area contributed by atoms with Crippen LogP contribution < -0.4 is 5.32 Å². The highest BCUT2D eigenvalue weighted by atomic mass is 16.7. The van der Waals surface area contributed by atoms with Gasteiger partial charge in [0, 0.05) is 31.2 Å². The van der Waals surface area contributed by atoms with Gasteiger partial charge in [-0.05, 0) is 32.8 Å². The lowest BCUT2D eigenvalue weighted by Gasteiger charge is -2.24. The molecule has 6 heteroatoms. The fourth-order valence-corrected chi connectivity index (χ4v) is 3.14. The van der Waals surface area contributed by atoms with Crippen molar-refractivity contribution in [2.24, 2.45) is 0 Å². The summed E-state index contributed by atoms with van der Waals surface area (Å²) in [4.78, 5) is 13.9. The summed E-state index contributed by atoms with van der Waals surface area (Å²) < 4.78 is 16.7. The van der Waals surface area contributed by atoms with Crippen LogP contribution in [0.2, 0.25) is 0 Å². The van der Waals surface area contributed by atoms with Crippen LogP contribution in [0.25, 0.3) is 0 Å². The molecule has 6 nitrogen and oxygen atoms in total. The molecule has 25 heavy (non-hydrogen) atoms. The van der Waals surface area contributed by atoms with Crippen LogP contribution in [0, 0.1) is 0 Å². The average molecular weight is 348 g/mol. The van der Waals surface area contributed by atoms with E-state index in [0.29, 0.717) is 19.8 Å². The first-order valence-corrected chi connectivity index (χ1v) is 8.95. The molecule has 2 heterocycles. The van der Waals surface area contributed by atoms with Gasteiger partial charge < -0.3 is 24.4 Å². The van der Waals surface area contributed by atoms with Gasteiger partial charge in [0.25, 0.3) is 0 Å². The van der Waals surface area contributed by atoms with Gasteiger partial charge in [0.1, 0.15) is 5.60 Å². The largest absolute Gasteiger partial charge is 0.444 e. The minimum atomic E-state index is -0.456. The second kappa shape index (κ2) is 7.72. The Labute approximate surface area is 149 Å². The maximum Gasteiger partial charge on any atom is 0.410 e. The summed E-state index contributed by atoms with van der Waals surface area (Å²) >= 11 is 0. The van der Waals surface area contributed by atoms with Crippen molar-refractivity contribution in [3.05, 3.63) is 35.4 Å². The van der Waals surface area contributed by atoms with E-state index in [1.807, 2.05) is 32.9 Å². The summed E-state index contributed by atoms with van der Waals surface area (Å²) in [6, 6.07) is 8.44. The van der Waals surface area contributed by atoms with Crippen molar-refractivity contribution in [2.75, 3.05) is 26.3 Å². The lowest BCUT2D eigenvalue weighted by atomic mass is 10.1. The lowest BCUT2D eigenvalue weighted by molar-refractivity contribution is -0.0447. The smallest absolute Gasteiger partial charge is 0.410 e. The van der Waals surface area contributed by atoms with Gasteiger partial charge in [0.15, 0.2) is 6.29 Å². The molecule has 2 fully saturated rings. The summed E-state index contributed by atoms with van der Waals surface area (Å²) in [6.07, 6.45) is 0.433. The monoisotopic (exact) mass is 348 g/mol. The number of carbonyl (C=O) groups excluding carboxylic acids is 1. The third-order valence-electron chi connectivity index (χ3n) is 4.35. The van der Waals surface area contributed by atoms with E-state index in [0.717, 1.165) is 25.1 Å². The van der Waals surface area contributed by atoms with E-state index in [1.54, 1.807) is 4.90 Å². The maximum absolute atomic E-state index is 12.2. The van der Waals surface area contributed by atoms with Crippen LogP contribution in [0.3, 0.4) is 0 Å². The van der Waals surface area contributed by atoms with Crippen LogP contribution in [0.15, 0.2) is 24.3 Å². The first kappa shape index (κ1) is 18.2. The lowest BCUT2D eigenvalue weighted by Crippen LogP contribution is -2.38. The molecule has 1 amide bonds. The highest BCUT2D eigenvalue weighted by Gasteiger charge is 2.29. The van der Waals surface area contributed by atoms with Gasteiger partial charge in [0.2, 0.25) is 0 Å². The summed E-state index contributed by atoms with van der Waals surface area (Å²) in [7, 11) is 0. The molecule has 3 rings (SSSR count). The molecular weight excluding hydrogens is 320 g/mol. The van der Waals surface area contributed by atoms with Gasteiger partial charge in [-0.25, -0.2) is 4.79 Å². The Balaban J connectivity index is 1.52. The molecule has 1 aromatic carbocycles. The maximum atomic E-state index is 12.2. The number of hydrogen-bond donors (Lipinski definition) is 1. The van der Waals surface area contributed by atoms with Crippen molar-refractivity contribution in [1.29, 1.82) is 0 Å². The molecule has 1 N–H and O–H groups in total. The molecule has 1 atom stereocenters. The van der Waals surface area contributed by atoms with Crippen molar-refractivity contribution in [2.45, 2.75) is 51.7 Å². The molecule has 0 radical (unpaired) electrons. The Morgan fingerprint density at radius 1 is 1.28 bits per heavy atom. The highest BCUT2D eigenvalue weighted by Crippen LogP contribution is 2.26. The Hall–Kier alpha value is -1.63. The SMILES string of the molecule is CC(C)(C)OC(=O)N1CCC(NCc2ccccc2C2OCCO2)C1. The van der Waals surface area contributed by atoms with Crippen LogP contribution >= 0.6 is 0 Å². The zero-order valence-electron chi connectivity index (χ0n) is 15.3. The Bertz CT molecular complexity index is 593. The average Bonchev–Trinajstić information content (AvgIpc) is 3.23. The molecule has 2 aliphatic rings. The quantitative estimate of drug-likeness (QED) is 0.907. The number of likely N-dealkylation sites (tertiary alicyclic amines) is 1. The zero-order chi connectivity index (χ0) is 17.9. The van der Waals surface area contributed by atoms with Gasteiger partial charge in [-0.3, -0.25) is 0 Å². The molecule has 1 unspecified atom stereocenters. The van der Waals surface area contributed by atoms with Crippen molar-refractivity contribution < 1.29 is 19.0 Å². The van der Waals surface area contributed by atoms with E-state index in [9.17, 15) is 4.79 Å². The third-order valence-corrected chi connectivity index (χ3v) is 4.35. The van der Waals surface area contributed by atoms with E-state index >= 15 is 0 Å². The Kier molecular flexibility index (Phi) is 5.61. The van der Waals surface area contributed by atoms with E-state index in [4.69, 9.17) is 14.2 Å². The molecule has 2 aliphatic heterocycles. The number of nitrogens with zero attached hydrogens (tertiary/aromatic N) is 1. The van der Waals surface area contributed by atoms with Crippen LogP contribution in [-0.4, -0.2) is 48.9 Å². The fraction of sp³-hybridized carbons (Fsp3) is 0.632. The number of rotatable bonds is 4. The van der Waals surface area contributed by atoms with Crippen LogP contribution in [-0.2, 0) is 20.8 Å². The topological polar surface area (TPSA) is 60.0 Å². The van der Waals surface area contributed by atoms with Crippen molar-refractivity contribution in [3.63, 3.8) is 0 Å². The normalized spacial score (nSPS) is 21.7. The van der Waals surface area contributed by atoms with E-state index in [2.05, 4.69) is 17.4 Å². The number of nitrogens with one attached hydrogen (secondary N) is 1. The standard InChI is InChI=1S/C19H28N2O4/c1-19(2,3)25-18(22)21-9-8-15(13-21)20-12-14-6-4-5-7-16(14)17-23-10-11-24-17/h4-7,15,17,20H,8-13H2,1-3H3. The molecule has 0 aromatic heterocycles. The van der Waals surface area contributed by atoms with E-state index in [1.165, 1.54) is 5.56 Å². The van der Waals surface area contributed by atoms with Crippen molar-refractivity contribution in [3.8, 4) is 0 Å². The Morgan fingerprint density at radius 2 is 2.00 bits per heavy atom. The molecule has 138 valence electrons. The molecule has 2 saturated heterocycles. The predicted molar refractivity (Wildman–Crippen MR) is 94.1 cm³/mol. The van der Waals surface area contributed by atoms with Gasteiger partial charge in [-0.2, -0.15) is 0 Å². The second-order valence-corrected chi connectivity index (χ2v) is 7.57. The van der Waals surface area contributed by atoms with Gasteiger partial charge >= 0.3 is 6.09 Å². The fourth-order valence-electron chi connectivity index (χ4n) is 3.14. The minimum absolute atomic E-state index is 0.232. The number of ether oxygens (including phenoxy) is 3. The van der Waals surface area contributed by atoms with Gasteiger partial charge in [0.05, 0.1) is 13.2 Å². The molecule has 0 bridgehead atoms. The van der Waals surface area contributed by atoms with Crippen molar-refractivity contribution in [1.82, 2.24) is 10.2 Å². The number of carbonyl (C=O) groups is 1. The zero-order valence-corrected chi connectivity index (χ0v) is 15.3. The first-order chi connectivity index (χ1) is 11.9. The number of hydrogen-bond acceptors (Lipinski definition) is 5. The third kappa shape index (κ3) is 4.93. The molecular formula is C19H28N2O4. The molecule has 0 spiro atoms. The minimum Gasteiger partial charge on any atom is -0.444 e.